The topological polar surface area (TPSA) is 125 Å². The van der Waals surface area contributed by atoms with Gasteiger partial charge in [0.15, 0.2) is 0 Å². The fourth-order valence-corrected chi connectivity index (χ4v) is 4.56. The van der Waals surface area contributed by atoms with Crippen molar-refractivity contribution >= 4 is 46.2 Å². The molecule has 1 saturated carbocycles. The van der Waals surface area contributed by atoms with Gasteiger partial charge < -0.3 is 25.0 Å². The highest BCUT2D eigenvalue weighted by molar-refractivity contribution is 6.41. The summed E-state index contributed by atoms with van der Waals surface area (Å²) in [7, 11) is 3.49. The summed E-state index contributed by atoms with van der Waals surface area (Å²) >= 11 is 0. The lowest BCUT2D eigenvalue weighted by Gasteiger charge is -2.26. The summed E-state index contributed by atoms with van der Waals surface area (Å²) in [6.07, 6.45) is 7.54. The van der Waals surface area contributed by atoms with Crippen LogP contribution in [0.3, 0.4) is 0 Å². The van der Waals surface area contributed by atoms with Crippen LogP contribution in [0.4, 0.5) is 17.5 Å². The van der Waals surface area contributed by atoms with Crippen molar-refractivity contribution in [2.75, 3.05) is 37.4 Å². The Balaban J connectivity index is 1.43. The molecule has 2 fully saturated rings. The maximum atomic E-state index is 12.9. The van der Waals surface area contributed by atoms with Gasteiger partial charge in [-0.05, 0) is 31.0 Å². The van der Waals surface area contributed by atoms with Gasteiger partial charge >= 0.3 is 11.8 Å². The van der Waals surface area contributed by atoms with Gasteiger partial charge in [0.25, 0.3) is 5.91 Å². The average molecular weight is 463 g/mol. The second kappa shape index (κ2) is 8.73. The molecule has 0 spiro atoms. The van der Waals surface area contributed by atoms with Gasteiger partial charge in [-0.1, -0.05) is 12.8 Å². The molecule has 2 N–H and O–H groups in total. The third-order valence-corrected chi connectivity index (χ3v) is 6.25. The molecule has 4 heterocycles. The predicted octanol–water partition coefficient (Wildman–Crippen LogP) is 1.85. The Kier molecular flexibility index (Phi) is 5.60. The molecule has 2 aliphatic rings. The molecule has 176 valence electrons. The molecule has 11 heteroatoms. The Labute approximate surface area is 196 Å². The number of hydrogen-bond donors (Lipinski definition) is 2. The first-order chi connectivity index (χ1) is 16.4. The number of pyridine rings is 1. The quantitative estimate of drug-likeness (QED) is 0.554. The van der Waals surface area contributed by atoms with E-state index < -0.39 is 11.8 Å². The molecule has 0 unspecified atom stereocenters. The maximum Gasteiger partial charge on any atom is 0.316 e. The Hall–Kier alpha value is -4.02. The molecule has 3 amide bonds. The maximum absolute atomic E-state index is 12.9. The first kappa shape index (κ1) is 21.8. The molecule has 0 radical (unpaired) electrons. The summed E-state index contributed by atoms with van der Waals surface area (Å²) in [5, 5.41) is 6.44. The Morgan fingerprint density at radius 3 is 2.65 bits per heavy atom. The van der Waals surface area contributed by atoms with Crippen molar-refractivity contribution in [3.63, 3.8) is 0 Å². The predicted molar refractivity (Wildman–Crippen MR) is 126 cm³/mol. The van der Waals surface area contributed by atoms with Gasteiger partial charge in [-0.3, -0.25) is 14.4 Å². The number of amides is 3. The van der Waals surface area contributed by atoms with E-state index in [2.05, 4.69) is 25.2 Å². The molecular weight excluding hydrogens is 436 g/mol. The van der Waals surface area contributed by atoms with Gasteiger partial charge in [-0.25, -0.2) is 9.97 Å². The van der Waals surface area contributed by atoms with Crippen LogP contribution in [0.5, 0.6) is 0 Å². The monoisotopic (exact) mass is 462 g/mol. The zero-order valence-corrected chi connectivity index (χ0v) is 19.1. The lowest BCUT2D eigenvalue weighted by atomic mass is 10.2. The number of aromatic nitrogens is 4. The normalized spacial score (nSPS) is 16.7. The second-order valence-electron chi connectivity index (χ2n) is 8.75. The van der Waals surface area contributed by atoms with E-state index in [1.165, 1.54) is 11.1 Å². The summed E-state index contributed by atoms with van der Waals surface area (Å²) in [6, 6.07) is 5.52. The number of nitrogens with one attached hydrogen (secondary N) is 2. The zero-order chi connectivity index (χ0) is 23.8. The van der Waals surface area contributed by atoms with E-state index in [0.29, 0.717) is 36.2 Å². The van der Waals surface area contributed by atoms with Gasteiger partial charge in [0.05, 0.1) is 11.9 Å². The first-order valence-electron chi connectivity index (χ1n) is 11.3. The third kappa shape index (κ3) is 3.93. The number of hydrogen-bond acceptors (Lipinski definition) is 7. The second-order valence-corrected chi connectivity index (χ2v) is 8.75. The summed E-state index contributed by atoms with van der Waals surface area (Å²) in [4.78, 5) is 53.0. The number of carbonyl (C=O) groups excluding carboxylic acids is 3. The molecule has 0 bridgehead atoms. The number of carbonyl (C=O) groups is 3. The molecule has 1 saturated heterocycles. The molecule has 0 aromatic carbocycles. The summed E-state index contributed by atoms with van der Waals surface area (Å²) in [5.74, 6) is -0.411. The van der Waals surface area contributed by atoms with Crippen LogP contribution in [0, 0.1) is 0 Å². The van der Waals surface area contributed by atoms with E-state index in [-0.39, 0.29) is 11.9 Å². The van der Waals surface area contributed by atoms with Crippen LogP contribution in [-0.2, 0) is 9.59 Å². The fraction of sp³-hybridized carbons (Fsp3) is 0.391. The van der Waals surface area contributed by atoms with Crippen LogP contribution >= 0.6 is 0 Å². The first-order valence-corrected chi connectivity index (χ1v) is 11.3. The Morgan fingerprint density at radius 2 is 1.94 bits per heavy atom. The van der Waals surface area contributed by atoms with Crippen molar-refractivity contribution in [1.82, 2.24) is 29.7 Å². The smallest absolute Gasteiger partial charge is 0.316 e. The molecule has 5 rings (SSSR count). The third-order valence-electron chi connectivity index (χ3n) is 6.25. The number of nitrogens with zero attached hydrogens (tertiary/aromatic N) is 6. The van der Waals surface area contributed by atoms with Crippen LogP contribution < -0.4 is 15.5 Å². The van der Waals surface area contributed by atoms with E-state index in [0.717, 1.165) is 36.7 Å². The number of anilines is 3. The van der Waals surface area contributed by atoms with Crippen molar-refractivity contribution in [3.05, 3.63) is 36.3 Å². The van der Waals surface area contributed by atoms with Crippen molar-refractivity contribution < 1.29 is 14.4 Å². The van der Waals surface area contributed by atoms with Crippen LogP contribution in [0.15, 0.2) is 30.6 Å². The largest absolute Gasteiger partial charge is 0.346 e. The molecular formula is C23H26N8O3. The lowest BCUT2D eigenvalue weighted by molar-refractivity contribution is -0.138. The van der Waals surface area contributed by atoms with Gasteiger partial charge in [0, 0.05) is 44.8 Å². The molecule has 3 aromatic heterocycles. The van der Waals surface area contributed by atoms with Crippen molar-refractivity contribution in [3.8, 4) is 0 Å². The minimum Gasteiger partial charge on any atom is -0.346 e. The molecule has 1 aliphatic heterocycles. The SMILES string of the molecule is CN(C)C(=O)c1cc2cnc(Nc3ccc(N4CCNC(=O)C4=O)cn3)nc2n1C1CCCC1. The van der Waals surface area contributed by atoms with Crippen LogP contribution in [0.2, 0.25) is 0 Å². The highest BCUT2D eigenvalue weighted by atomic mass is 16.2. The van der Waals surface area contributed by atoms with Gasteiger partial charge in [0.2, 0.25) is 5.95 Å². The van der Waals surface area contributed by atoms with E-state index in [1.807, 2.05) is 6.07 Å². The minimum absolute atomic E-state index is 0.0578. The van der Waals surface area contributed by atoms with Crippen molar-refractivity contribution in [1.29, 1.82) is 0 Å². The molecule has 1 aliphatic carbocycles. The van der Waals surface area contributed by atoms with Crippen molar-refractivity contribution in [2.24, 2.45) is 0 Å². The summed E-state index contributed by atoms with van der Waals surface area (Å²) in [5.41, 5.74) is 1.89. The Bertz CT molecular complexity index is 1260. The zero-order valence-electron chi connectivity index (χ0n) is 19.1. The number of piperazine rings is 1. The van der Waals surface area contributed by atoms with E-state index in [4.69, 9.17) is 4.98 Å². The van der Waals surface area contributed by atoms with Gasteiger partial charge in [-0.2, -0.15) is 4.98 Å². The van der Waals surface area contributed by atoms with E-state index in [9.17, 15) is 14.4 Å². The summed E-state index contributed by atoms with van der Waals surface area (Å²) < 4.78 is 2.06. The lowest BCUT2D eigenvalue weighted by Crippen LogP contribution is -2.52. The molecule has 34 heavy (non-hydrogen) atoms. The molecule has 0 atom stereocenters. The highest BCUT2D eigenvalue weighted by Crippen LogP contribution is 2.35. The van der Waals surface area contributed by atoms with Gasteiger partial charge in [0.1, 0.15) is 17.2 Å². The minimum atomic E-state index is -0.618. The van der Waals surface area contributed by atoms with Crippen LogP contribution in [0.1, 0.15) is 42.2 Å². The summed E-state index contributed by atoms with van der Waals surface area (Å²) in [6.45, 7) is 0.794. The standard InChI is InChI=1S/C23H26N8O3/c1-29(2)21(33)17-11-14-12-26-23(28-19(14)31(17)15-5-3-4-6-15)27-18-8-7-16(13-25-18)30-10-9-24-20(32)22(30)34/h7-8,11-13,15H,3-6,9-10H2,1-2H3,(H,24,32)(H,25,26,27,28). The number of fused-ring (bicyclic) bond motifs is 1. The van der Waals surface area contributed by atoms with E-state index >= 15 is 0 Å². The fourth-order valence-electron chi connectivity index (χ4n) is 4.56. The molecule has 3 aromatic rings. The van der Waals surface area contributed by atoms with Gasteiger partial charge in [-0.15, -0.1) is 0 Å². The van der Waals surface area contributed by atoms with E-state index in [1.54, 1.807) is 37.3 Å². The highest BCUT2D eigenvalue weighted by Gasteiger charge is 2.28. The van der Waals surface area contributed by atoms with Crippen molar-refractivity contribution in [2.45, 2.75) is 31.7 Å². The Morgan fingerprint density at radius 1 is 1.15 bits per heavy atom. The molecule has 11 nitrogen and oxygen atoms in total. The van der Waals surface area contributed by atoms with Crippen LogP contribution in [0.25, 0.3) is 11.0 Å². The van der Waals surface area contributed by atoms with Crippen LogP contribution in [-0.4, -0.2) is 69.3 Å². The number of rotatable bonds is 5. The average Bonchev–Trinajstić information content (AvgIpc) is 3.48.